The van der Waals surface area contributed by atoms with Gasteiger partial charge < -0.3 is 19.6 Å². The number of carbonyl (C=O) groups is 3. The lowest BCUT2D eigenvalue weighted by atomic mass is 9.74. The summed E-state index contributed by atoms with van der Waals surface area (Å²) in [6, 6.07) is -1.09. The number of fused-ring (bicyclic) bond motifs is 2. The van der Waals surface area contributed by atoms with Gasteiger partial charge in [0.1, 0.15) is 6.04 Å². The number of amides is 2. The Morgan fingerprint density at radius 1 is 1.09 bits per heavy atom. The van der Waals surface area contributed by atoms with Crippen LogP contribution >= 0.6 is 11.8 Å². The van der Waals surface area contributed by atoms with Crippen molar-refractivity contribution in [2.45, 2.75) is 86.4 Å². The van der Waals surface area contributed by atoms with E-state index in [4.69, 9.17) is 4.74 Å². The quantitative estimate of drug-likeness (QED) is 0.486. The predicted molar refractivity (Wildman–Crippen MR) is 130 cm³/mol. The molecule has 0 aromatic rings. The van der Waals surface area contributed by atoms with Gasteiger partial charge in [-0.3, -0.25) is 14.4 Å². The van der Waals surface area contributed by atoms with Crippen LogP contribution in [0.1, 0.15) is 58.8 Å². The van der Waals surface area contributed by atoms with Crippen molar-refractivity contribution >= 4 is 29.5 Å². The Morgan fingerprint density at radius 3 is 2.59 bits per heavy atom. The van der Waals surface area contributed by atoms with Crippen LogP contribution in [-0.2, 0) is 19.1 Å². The maximum Gasteiger partial charge on any atom is 0.311 e. The van der Waals surface area contributed by atoms with Crippen LogP contribution in [0.15, 0.2) is 24.3 Å². The van der Waals surface area contributed by atoms with Crippen molar-refractivity contribution < 1.29 is 24.2 Å². The molecule has 3 fully saturated rings. The zero-order valence-electron chi connectivity index (χ0n) is 20.2. The molecule has 1 aliphatic carbocycles. The molecule has 34 heavy (non-hydrogen) atoms. The molecule has 4 aliphatic heterocycles. The number of aliphatic hydroxyl groups is 1. The Kier molecular flexibility index (Phi) is 6.34. The molecule has 0 aromatic carbocycles. The number of thioether (sulfide) groups is 1. The van der Waals surface area contributed by atoms with Gasteiger partial charge in [-0.05, 0) is 39.5 Å². The summed E-state index contributed by atoms with van der Waals surface area (Å²) in [4.78, 5) is 45.3. The summed E-state index contributed by atoms with van der Waals surface area (Å²) in [5.41, 5.74) is 0. The fraction of sp³-hybridized carbons (Fsp3) is 0.731. The van der Waals surface area contributed by atoms with E-state index in [1.807, 2.05) is 24.0 Å². The summed E-state index contributed by atoms with van der Waals surface area (Å²) in [5, 5.41) is 10.0. The van der Waals surface area contributed by atoms with Crippen LogP contribution in [0.5, 0.6) is 0 Å². The van der Waals surface area contributed by atoms with Crippen molar-refractivity contribution in [2.24, 2.45) is 11.8 Å². The first-order valence-corrected chi connectivity index (χ1v) is 13.6. The first-order chi connectivity index (χ1) is 16.3. The molecule has 4 heterocycles. The second-order valence-electron chi connectivity index (χ2n) is 10.7. The van der Waals surface area contributed by atoms with Crippen molar-refractivity contribution in [1.82, 2.24) is 9.80 Å². The first kappa shape index (κ1) is 23.9. The van der Waals surface area contributed by atoms with Crippen LogP contribution in [0.4, 0.5) is 0 Å². The molecule has 7 nitrogen and oxygen atoms in total. The summed E-state index contributed by atoms with van der Waals surface area (Å²) < 4.78 is 4.11. The highest BCUT2D eigenvalue weighted by Gasteiger charge is 2.74. The molecule has 186 valence electrons. The normalized spacial score (nSPS) is 40.4. The van der Waals surface area contributed by atoms with Crippen LogP contribution < -0.4 is 0 Å². The van der Waals surface area contributed by atoms with E-state index < -0.39 is 33.4 Å². The van der Waals surface area contributed by atoms with Gasteiger partial charge in [0.05, 0.1) is 35.8 Å². The Labute approximate surface area is 205 Å². The summed E-state index contributed by atoms with van der Waals surface area (Å²) in [5.74, 6) is -2.02. The minimum absolute atomic E-state index is 0.0482. The minimum Gasteiger partial charge on any atom is -0.465 e. The molecule has 6 atom stereocenters. The van der Waals surface area contributed by atoms with Gasteiger partial charge in [-0.2, -0.15) is 0 Å². The lowest BCUT2D eigenvalue weighted by Gasteiger charge is -2.41. The number of likely N-dealkylation sites (tertiary alicyclic amines) is 1. The monoisotopic (exact) mass is 488 g/mol. The second-order valence-corrected chi connectivity index (χ2v) is 12.5. The largest absolute Gasteiger partial charge is 0.465 e. The molecule has 1 N–H and O–H groups in total. The van der Waals surface area contributed by atoms with Gasteiger partial charge in [-0.15, -0.1) is 11.8 Å². The highest BCUT2D eigenvalue weighted by atomic mass is 32.2. The van der Waals surface area contributed by atoms with Crippen molar-refractivity contribution in [1.29, 1.82) is 0 Å². The molecule has 1 saturated carbocycles. The van der Waals surface area contributed by atoms with E-state index in [-0.39, 0.29) is 30.4 Å². The van der Waals surface area contributed by atoms with Crippen LogP contribution in [0.25, 0.3) is 0 Å². The number of cyclic esters (lactones) is 1. The average Bonchev–Trinajstić information content (AvgIpc) is 3.19. The van der Waals surface area contributed by atoms with E-state index in [9.17, 15) is 19.5 Å². The third-order valence-corrected chi connectivity index (χ3v) is 10.3. The smallest absolute Gasteiger partial charge is 0.311 e. The Hall–Kier alpha value is -1.80. The van der Waals surface area contributed by atoms with Crippen molar-refractivity contribution in [2.75, 3.05) is 19.8 Å². The van der Waals surface area contributed by atoms with E-state index >= 15 is 0 Å². The van der Waals surface area contributed by atoms with Gasteiger partial charge in [-0.1, -0.05) is 43.6 Å². The summed E-state index contributed by atoms with van der Waals surface area (Å²) >= 11 is 1.57. The number of carbonyl (C=O) groups excluding carboxylic acids is 3. The molecule has 5 aliphatic rings. The highest BCUT2D eigenvalue weighted by molar-refractivity contribution is 8.02. The van der Waals surface area contributed by atoms with E-state index in [0.29, 0.717) is 13.2 Å². The van der Waals surface area contributed by atoms with Crippen LogP contribution in [-0.4, -0.2) is 80.1 Å². The highest BCUT2D eigenvalue weighted by Crippen LogP contribution is 2.65. The molecule has 2 saturated heterocycles. The van der Waals surface area contributed by atoms with Crippen molar-refractivity contribution in [3.05, 3.63) is 24.3 Å². The lowest BCUT2D eigenvalue weighted by molar-refractivity contribution is -0.154. The number of allylic oxidation sites excluding steroid dienone is 1. The van der Waals surface area contributed by atoms with Gasteiger partial charge in [-0.25, -0.2) is 0 Å². The minimum atomic E-state index is -0.872. The maximum atomic E-state index is 14.3. The van der Waals surface area contributed by atoms with Gasteiger partial charge in [0.15, 0.2) is 0 Å². The third kappa shape index (κ3) is 3.55. The number of esters is 1. The Balaban J connectivity index is 1.63. The number of hydrogen-bond acceptors (Lipinski definition) is 6. The first-order valence-electron chi connectivity index (χ1n) is 12.8. The zero-order valence-corrected chi connectivity index (χ0v) is 21.0. The topological polar surface area (TPSA) is 87.2 Å². The fourth-order valence-electron chi connectivity index (χ4n) is 6.87. The van der Waals surface area contributed by atoms with Gasteiger partial charge in [0.25, 0.3) is 0 Å². The number of nitrogens with zero attached hydrogens (tertiary/aromatic N) is 2. The molecule has 8 heteroatoms. The summed E-state index contributed by atoms with van der Waals surface area (Å²) in [6.45, 7) is 4.41. The van der Waals surface area contributed by atoms with Gasteiger partial charge in [0.2, 0.25) is 11.8 Å². The Morgan fingerprint density at radius 2 is 1.85 bits per heavy atom. The molecule has 0 aromatic heterocycles. The van der Waals surface area contributed by atoms with E-state index in [1.165, 1.54) is 6.42 Å². The van der Waals surface area contributed by atoms with Gasteiger partial charge >= 0.3 is 5.97 Å². The second kappa shape index (κ2) is 9.01. The molecule has 0 bridgehead atoms. The van der Waals surface area contributed by atoms with E-state index in [1.54, 1.807) is 23.6 Å². The Bertz CT molecular complexity index is 915. The number of ether oxygens (including phenoxy) is 1. The molecule has 1 unspecified atom stereocenters. The molecule has 0 radical (unpaired) electrons. The predicted octanol–water partition coefficient (Wildman–Crippen LogP) is 2.68. The fourth-order valence-corrected chi connectivity index (χ4v) is 9.01. The van der Waals surface area contributed by atoms with E-state index in [0.717, 1.165) is 38.5 Å². The number of hydrogen-bond donors (Lipinski definition) is 1. The van der Waals surface area contributed by atoms with Crippen LogP contribution in [0.3, 0.4) is 0 Å². The molecule has 5 rings (SSSR count). The lowest BCUT2D eigenvalue weighted by Crippen LogP contribution is -2.57. The molecule has 2 amide bonds. The van der Waals surface area contributed by atoms with Crippen LogP contribution in [0.2, 0.25) is 0 Å². The van der Waals surface area contributed by atoms with Crippen molar-refractivity contribution in [3.8, 4) is 0 Å². The molecule has 1 spiro atoms. The maximum absolute atomic E-state index is 14.3. The zero-order chi connectivity index (χ0) is 24.1. The van der Waals surface area contributed by atoms with Crippen molar-refractivity contribution in [3.63, 3.8) is 0 Å². The summed E-state index contributed by atoms with van der Waals surface area (Å²) in [6.07, 6.45) is 15.2. The molecular weight excluding hydrogens is 452 g/mol. The standard InChI is InChI=1S/C26H36N2O5S/c1-17(16-29)28-21-23(31)27(18-10-5-3-6-11-18)14-9-13-26(21)19(22(28)30)20-24(32)33-15-8-4-7-12-25(20,2)34-26/h7,9,12-13,17-21,29H,3-6,8,10-11,14-16H2,1-2H3/b12-7-/t17-,19+,20-,21?,25+,26+/m1/s1. The number of aliphatic hydroxyl groups excluding tert-OH is 1. The van der Waals surface area contributed by atoms with E-state index in [2.05, 4.69) is 12.2 Å². The van der Waals surface area contributed by atoms with Crippen LogP contribution in [0, 0.1) is 11.8 Å². The average molecular weight is 489 g/mol. The summed E-state index contributed by atoms with van der Waals surface area (Å²) in [7, 11) is 0. The SMILES string of the molecule is C[C@H](CO)N1C(=O)[C@@H]2[C@@H]3C(=O)OCCC/C=C\[C@]3(C)S[C@@]23C=CCN(C2CCCCC2)C(=O)C13. The third-order valence-electron chi connectivity index (χ3n) is 8.47. The van der Waals surface area contributed by atoms with Gasteiger partial charge in [0, 0.05) is 17.3 Å². The molecular formula is C26H36N2O5S. The number of rotatable bonds is 3.